The number of nitrogens with zero attached hydrogens (tertiary/aromatic N) is 1. The molecule has 2 rings (SSSR count). The summed E-state index contributed by atoms with van der Waals surface area (Å²) in [5.41, 5.74) is 1.27. The maximum atomic E-state index is 12.4. The molecule has 0 aromatic heterocycles. The molecule has 1 amide bonds. The first kappa shape index (κ1) is 18.8. The summed E-state index contributed by atoms with van der Waals surface area (Å²) in [5, 5.41) is 3.14. The van der Waals surface area contributed by atoms with Crippen molar-refractivity contribution in [2.45, 2.75) is 71.6 Å². The minimum atomic E-state index is -0.474. The zero-order valence-electron chi connectivity index (χ0n) is 15.7. The Hall–Kier alpha value is -1.55. The number of piperidine rings is 1. The molecule has 0 bridgehead atoms. The van der Waals surface area contributed by atoms with Gasteiger partial charge in [-0.25, -0.2) is 0 Å². The molecule has 1 aromatic rings. The summed E-state index contributed by atoms with van der Waals surface area (Å²) in [6.07, 6.45) is 1.55. The average molecular weight is 332 g/mol. The molecular formula is C20H32N2O2. The molecule has 1 aromatic carbocycles. The Balaban J connectivity index is 1.80. The number of nitrogens with one attached hydrogen (secondary N) is 1. The Labute approximate surface area is 146 Å². The lowest BCUT2D eigenvalue weighted by Gasteiger charge is -2.35. The molecule has 1 heterocycles. The van der Waals surface area contributed by atoms with Crippen LogP contribution >= 0.6 is 0 Å². The number of hydrogen-bond acceptors (Lipinski definition) is 3. The van der Waals surface area contributed by atoms with Crippen LogP contribution in [0.5, 0.6) is 5.75 Å². The lowest BCUT2D eigenvalue weighted by Crippen LogP contribution is -2.49. The van der Waals surface area contributed by atoms with E-state index < -0.39 is 6.10 Å². The van der Waals surface area contributed by atoms with Crippen molar-refractivity contribution < 1.29 is 9.53 Å². The molecule has 1 aliphatic rings. The first-order chi connectivity index (χ1) is 11.4. The Morgan fingerprint density at radius 1 is 1.08 bits per heavy atom. The Morgan fingerprint density at radius 2 is 1.67 bits per heavy atom. The van der Waals surface area contributed by atoms with Gasteiger partial charge in [0, 0.05) is 25.2 Å². The van der Waals surface area contributed by atoms with E-state index >= 15 is 0 Å². The van der Waals surface area contributed by atoms with Crippen molar-refractivity contribution in [3.05, 3.63) is 29.8 Å². The fourth-order valence-electron chi connectivity index (χ4n) is 3.07. The Kier molecular flexibility index (Phi) is 6.67. The molecule has 1 saturated heterocycles. The molecular weight excluding hydrogens is 300 g/mol. The standard InChI is InChI=1S/C20H32N2O2/c1-14(2)17-6-8-19(9-7-17)24-16(5)20(23)21-18-10-12-22(13-11-18)15(3)4/h6-9,14-16,18H,10-13H2,1-5H3,(H,21,23)/t16-/m0/s1. The highest BCUT2D eigenvalue weighted by molar-refractivity contribution is 5.81. The van der Waals surface area contributed by atoms with Gasteiger partial charge in [-0.15, -0.1) is 0 Å². The summed E-state index contributed by atoms with van der Waals surface area (Å²) in [6, 6.07) is 8.86. The van der Waals surface area contributed by atoms with E-state index in [1.807, 2.05) is 19.1 Å². The van der Waals surface area contributed by atoms with E-state index in [2.05, 4.69) is 50.0 Å². The van der Waals surface area contributed by atoms with Crippen LogP contribution in [0, 0.1) is 0 Å². The maximum Gasteiger partial charge on any atom is 0.260 e. The van der Waals surface area contributed by atoms with Crippen LogP contribution in [0.15, 0.2) is 24.3 Å². The molecule has 0 unspecified atom stereocenters. The van der Waals surface area contributed by atoms with E-state index in [-0.39, 0.29) is 11.9 Å². The van der Waals surface area contributed by atoms with Crippen molar-refractivity contribution in [1.82, 2.24) is 10.2 Å². The van der Waals surface area contributed by atoms with Crippen LogP contribution in [-0.4, -0.2) is 42.1 Å². The van der Waals surface area contributed by atoms with Crippen LogP contribution in [0.2, 0.25) is 0 Å². The summed E-state index contributed by atoms with van der Waals surface area (Å²) >= 11 is 0. The third-order valence-corrected chi connectivity index (χ3v) is 4.84. The third-order valence-electron chi connectivity index (χ3n) is 4.84. The first-order valence-electron chi connectivity index (χ1n) is 9.18. The second kappa shape index (κ2) is 8.52. The van der Waals surface area contributed by atoms with Crippen molar-refractivity contribution in [3.8, 4) is 5.75 Å². The second-order valence-electron chi connectivity index (χ2n) is 7.40. The number of rotatable bonds is 6. The molecule has 1 aliphatic heterocycles. The van der Waals surface area contributed by atoms with Gasteiger partial charge in [0.25, 0.3) is 5.91 Å². The van der Waals surface area contributed by atoms with Crippen molar-refractivity contribution in [2.24, 2.45) is 0 Å². The quantitative estimate of drug-likeness (QED) is 0.866. The number of ether oxygens (including phenoxy) is 1. The number of benzene rings is 1. The molecule has 0 radical (unpaired) electrons. The number of amides is 1. The van der Waals surface area contributed by atoms with Crippen LogP contribution in [0.1, 0.15) is 58.9 Å². The predicted octanol–water partition coefficient (Wildman–Crippen LogP) is 3.57. The monoisotopic (exact) mass is 332 g/mol. The largest absolute Gasteiger partial charge is 0.481 e. The van der Waals surface area contributed by atoms with Gasteiger partial charge in [0.2, 0.25) is 0 Å². The van der Waals surface area contributed by atoms with E-state index in [1.165, 1.54) is 5.56 Å². The lowest BCUT2D eigenvalue weighted by molar-refractivity contribution is -0.128. The average Bonchev–Trinajstić information content (AvgIpc) is 2.55. The molecule has 24 heavy (non-hydrogen) atoms. The summed E-state index contributed by atoms with van der Waals surface area (Å²) in [6.45, 7) is 12.7. The van der Waals surface area contributed by atoms with E-state index in [4.69, 9.17) is 4.74 Å². The maximum absolute atomic E-state index is 12.4. The highest BCUT2D eigenvalue weighted by atomic mass is 16.5. The molecule has 1 fully saturated rings. The van der Waals surface area contributed by atoms with Gasteiger partial charge in [0.1, 0.15) is 5.75 Å². The summed E-state index contributed by atoms with van der Waals surface area (Å²) in [4.78, 5) is 14.8. The molecule has 1 N–H and O–H groups in total. The van der Waals surface area contributed by atoms with Crippen LogP contribution in [0.4, 0.5) is 0 Å². The van der Waals surface area contributed by atoms with Crippen molar-refractivity contribution in [2.75, 3.05) is 13.1 Å². The molecule has 1 atom stereocenters. The first-order valence-corrected chi connectivity index (χ1v) is 9.18. The number of carbonyl (C=O) groups is 1. The van der Waals surface area contributed by atoms with Crippen molar-refractivity contribution >= 4 is 5.91 Å². The van der Waals surface area contributed by atoms with Crippen molar-refractivity contribution in [1.29, 1.82) is 0 Å². The van der Waals surface area contributed by atoms with Crippen LogP contribution in [0.25, 0.3) is 0 Å². The Morgan fingerprint density at radius 3 is 2.17 bits per heavy atom. The fourth-order valence-corrected chi connectivity index (χ4v) is 3.07. The predicted molar refractivity (Wildman–Crippen MR) is 98.5 cm³/mol. The van der Waals surface area contributed by atoms with Gasteiger partial charge in [-0.05, 0) is 57.2 Å². The summed E-state index contributed by atoms with van der Waals surface area (Å²) in [7, 11) is 0. The summed E-state index contributed by atoms with van der Waals surface area (Å²) < 4.78 is 5.79. The lowest BCUT2D eigenvalue weighted by atomic mass is 10.0. The minimum absolute atomic E-state index is 0.0223. The van der Waals surface area contributed by atoms with Gasteiger partial charge in [0.15, 0.2) is 6.10 Å². The van der Waals surface area contributed by atoms with E-state index in [9.17, 15) is 4.79 Å². The zero-order valence-corrected chi connectivity index (χ0v) is 15.7. The fraction of sp³-hybridized carbons (Fsp3) is 0.650. The summed E-state index contributed by atoms with van der Waals surface area (Å²) in [5.74, 6) is 1.22. The number of hydrogen-bond donors (Lipinski definition) is 1. The molecule has 134 valence electrons. The number of carbonyl (C=O) groups excluding carboxylic acids is 1. The van der Waals surface area contributed by atoms with Gasteiger partial charge in [-0.2, -0.15) is 0 Å². The van der Waals surface area contributed by atoms with Crippen LogP contribution in [-0.2, 0) is 4.79 Å². The molecule has 0 spiro atoms. The number of likely N-dealkylation sites (tertiary alicyclic amines) is 1. The zero-order chi connectivity index (χ0) is 17.7. The molecule has 4 nitrogen and oxygen atoms in total. The van der Waals surface area contributed by atoms with E-state index in [0.29, 0.717) is 12.0 Å². The second-order valence-corrected chi connectivity index (χ2v) is 7.40. The van der Waals surface area contributed by atoms with Gasteiger partial charge >= 0.3 is 0 Å². The van der Waals surface area contributed by atoms with Gasteiger partial charge in [-0.1, -0.05) is 26.0 Å². The topological polar surface area (TPSA) is 41.6 Å². The minimum Gasteiger partial charge on any atom is -0.481 e. The molecule has 0 aliphatic carbocycles. The molecule has 4 heteroatoms. The van der Waals surface area contributed by atoms with E-state index in [1.54, 1.807) is 0 Å². The highest BCUT2D eigenvalue weighted by Gasteiger charge is 2.24. The van der Waals surface area contributed by atoms with Gasteiger partial charge in [0.05, 0.1) is 0 Å². The van der Waals surface area contributed by atoms with Crippen LogP contribution in [0.3, 0.4) is 0 Å². The van der Waals surface area contributed by atoms with Crippen LogP contribution < -0.4 is 10.1 Å². The van der Waals surface area contributed by atoms with E-state index in [0.717, 1.165) is 31.7 Å². The van der Waals surface area contributed by atoms with Crippen molar-refractivity contribution in [3.63, 3.8) is 0 Å². The smallest absolute Gasteiger partial charge is 0.260 e. The SMILES string of the molecule is CC(C)c1ccc(O[C@@H](C)C(=O)NC2CCN(C(C)C)CC2)cc1. The highest BCUT2D eigenvalue weighted by Crippen LogP contribution is 2.19. The normalized spacial score (nSPS) is 18.0. The van der Waals surface area contributed by atoms with Gasteiger partial charge in [-0.3, -0.25) is 4.79 Å². The third kappa shape index (κ3) is 5.23. The van der Waals surface area contributed by atoms with Gasteiger partial charge < -0.3 is 15.0 Å². The Bertz CT molecular complexity index is 517. The molecule has 0 saturated carbocycles.